The summed E-state index contributed by atoms with van der Waals surface area (Å²) in [6.45, 7) is 4.63. The van der Waals surface area contributed by atoms with E-state index in [-0.39, 0.29) is 12.6 Å². The summed E-state index contributed by atoms with van der Waals surface area (Å²) in [5, 5.41) is 0. The Kier molecular flexibility index (Phi) is 5.38. The number of nitrogens with two attached hydrogens (primary N) is 1. The minimum Gasteiger partial charge on any atom is -0.329 e. The molecule has 0 spiro atoms. The maximum atomic E-state index is 12.7. The van der Waals surface area contributed by atoms with Crippen LogP contribution in [0.25, 0.3) is 0 Å². The highest BCUT2D eigenvalue weighted by Gasteiger charge is 2.35. The van der Waals surface area contributed by atoms with E-state index < -0.39 is 18.8 Å². The van der Waals surface area contributed by atoms with E-state index in [9.17, 15) is 13.2 Å². The van der Waals surface area contributed by atoms with Crippen molar-refractivity contribution in [1.29, 1.82) is 0 Å². The summed E-state index contributed by atoms with van der Waals surface area (Å²) in [5.74, 6) is 0. The van der Waals surface area contributed by atoms with Gasteiger partial charge in [-0.25, -0.2) is 0 Å². The molecule has 2 N–H and O–H groups in total. The summed E-state index contributed by atoms with van der Waals surface area (Å²) in [6, 6.07) is 6.80. The Balaban J connectivity index is 3.07. The first-order valence-corrected chi connectivity index (χ1v) is 6.34. The lowest BCUT2D eigenvalue weighted by molar-refractivity contribution is -0.155. The second-order valence-corrected chi connectivity index (χ2v) is 4.99. The zero-order chi connectivity index (χ0) is 14.6. The van der Waals surface area contributed by atoms with Gasteiger partial charge in [0, 0.05) is 18.6 Å². The van der Waals surface area contributed by atoms with Crippen LogP contribution in [0.5, 0.6) is 0 Å². The molecule has 1 unspecified atom stereocenters. The molecule has 1 atom stereocenters. The maximum absolute atomic E-state index is 12.7. The predicted octanol–water partition coefficient (Wildman–Crippen LogP) is 3.27. The molecular weight excluding hydrogens is 253 g/mol. The van der Waals surface area contributed by atoms with Gasteiger partial charge in [-0.1, -0.05) is 24.3 Å². The topological polar surface area (TPSA) is 29.3 Å². The first-order chi connectivity index (χ1) is 8.76. The van der Waals surface area contributed by atoms with Crippen LogP contribution in [0.2, 0.25) is 0 Å². The van der Waals surface area contributed by atoms with Gasteiger partial charge in [0.15, 0.2) is 0 Å². The minimum atomic E-state index is -4.22. The average Bonchev–Trinajstić information content (AvgIpc) is 2.29. The van der Waals surface area contributed by atoms with Crippen molar-refractivity contribution >= 4 is 0 Å². The average molecular weight is 274 g/mol. The van der Waals surface area contributed by atoms with Crippen molar-refractivity contribution in [2.75, 3.05) is 13.1 Å². The molecule has 0 aliphatic carbocycles. The largest absolute Gasteiger partial charge is 0.401 e. The summed E-state index contributed by atoms with van der Waals surface area (Å²) in [7, 11) is 0. The van der Waals surface area contributed by atoms with Crippen LogP contribution in [-0.2, 0) is 0 Å². The van der Waals surface area contributed by atoms with E-state index in [0.717, 1.165) is 11.1 Å². The zero-order valence-corrected chi connectivity index (χ0v) is 11.5. The molecule has 0 saturated heterocycles. The molecule has 0 aliphatic rings. The van der Waals surface area contributed by atoms with Gasteiger partial charge in [0.05, 0.1) is 6.54 Å². The third-order valence-electron chi connectivity index (χ3n) is 3.20. The second-order valence-electron chi connectivity index (χ2n) is 4.99. The lowest BCUT2D eigenvalue weighted by atomic mass is 9.99. The summed E-state index contributed by atoms with van der Waals surface area (Å²) in [5.41, 5.74) is 7.55. The molecule has 108 valence electrons. The number of hydrogen-bond acceptors (Lipinski definition) is 2. The van der Waals surface area contributed by atoms with E-state index in [1.54, 1.807) is 13.8 Å². The molecule has 5 heteroatoms. The van der Waals surface area contributed by atoms with Crippen molar-refractivity contribution in [3.8, 4) is 0 Å². The van der Waals surface area contributed by atoms with Crippen molar-refractivity contribution in [3.05, 3.63) is 35.4 Å². The number of benzene rings is 1. The molecule has 0 saturated carbocycles. The summed E-state index contributed by atoms with van der Waals surface area (Å²) >= 11 is 0. The van der Waals surface area contributed by atoms with Crippen LogP contribution < -0.4 is 5.73 Å². The van der Waals surface area contributed by atoms with Crippen LogP contribution in [0.4, 0.5) is 13.2 Å². The monoisotopic (exact) mass is 274 g/mol. The zero-order valence-electron chi connectivity index (χ0n) is 11.5. The quantitative estimate of drug-likeness (QED) is 0.893. The molecule has 2 nitrogen and oxygen atoms in total. The highest BCUT2D eigenvalue weighted by Crippen LogP contribution is 2.28. The maximum Gasteiger partial charge on any atom is 0.401 e. The third kappa shape index (κ3) is 4.51. The number of rotatable bonds is 5. The number of hydrogen-bond donors (Lipinski definition) is 1. The Labute approximate surface area is 112 Å². The normalized spacial score (nSPS) is 14.2. The Morgan fingerprint density at radius 2 is 1.79 bits per heavy atom. The van der Waals surface area contributed by atoms with Gasteiger partial charge >= 0.3 is 6.18 Å². The van der Waals surface area contributed by atoms with Gasteiger partial charge in [-0.05, 0) is 31.9 Å². The fraction of sp³-hybridized carbons (Fsp3) is 0.571. The Morgan fingerprint density at radius 1 is 1.21 bits per heavy atom. The first-order valence-electron chi connectivity index (χ1n) is 6.34. The van der Waals surface area contributed by atoms with E-state index in [0.29, 0.717) is 0 Å². The molecule has 1 aromatic carbocycles. The van der Waals surface area contributed by atoms with E-state index in [1.807, 2.05) is 31.2 Å². The molecule has 19 heavy (non-hydrogen) atoms. The van der Waals surface area contributed by atoms with Gasteiger partial charge < -0.3 is 5.73 Å². The highest BCUT2D eigenvalue weighted by molar-refractivity contribution is 5.29. The third-order valence-corrected chi connectivity index (χ3v) is 3.20. The van der Waals surface area contributed by atoms with E-state index in [1.165, 1.54) is 4.90 Å². The van der Waals surface area contributed by atoms with Gasteiger partial charge in [-0.2, -0.15) is 13.2 Å². The minimum absolute atomic E-state index is 0.166. The van der Waals surface area contributed by atoms with Crippen LogP contribution in [0.15, 0.2) is 24.3 Å². The molecular formula is C14H21F3N2. The molecule has 1 rings (SSSR count). The van der Waals surface area contributed by atoms with Crippen molar-refractivity contribution < 1.29 is 13.2 Å². The van der Waals surface area contributed by atoms with Crippen molar-refractivity contribution in [2.24, 2.45) is 5.73 Å². The van der Waals surface area contributed by atoms with Gasteiger partial charge in [0.2, 0.25) is 0 Å². The lowest BCUT2D eigenvalue weighted by Gasteiger charge is -2.35. The molecule has 0 fully saturated rings. The van der Waals surface area contributed by atoms with Gasteiger partial charge in [0.1, 0.15) is 0 Å². The summed E-state index contributed by atoms with van der Waals surface area (Å²) in [4.78, 5) is 1.41. The van der Waals surface area contributed by atoms with Crippen molar-refractivity contribution in [3.63, 3.8) is 0 Å². The van der Waals surface area contributed by atoms with E-state index >= 15 is 0 Å². The Morgan fingerprint density at radius 3 is 2.21 bits per heavy atom. The number of alkyl halides is 3. The van der Waals surface area contributed by atoms with Crippen LogP contribution in [-0.4, -0.2) is 30.2 Å². The standard InChI is InChI=1S/C14H21F3N2/c1-10(2)19(9-14(15,16)17)13(8-18)12-7-5-4-6-11(12)3/h4-7,10,13H,8-9,18H2,1-3H3. The van der Waals surface area contributed by atoms with E-state index in [4.69, 9.17) is 5.73 Å². The first kappa shape index (κ1) is 16.0. The molecule has 1 aromatic rings. The fourth-order valence-corrected chi connectivity index (χ4v) is 2.26. The molecule has 0 aromatic heterocycles. The van der Waals surface area contributed by atoms with Crippen LogP contribution >= 0.6 is 0 Å². The second kappa shape index (κ2) is 6.39. The van der Waals surface area contributed by atoms with Crippen molar-refractivity contribution in [2.45, 2.75) is 39.0 Å². The lowest BCUT2D eigenvalue weighted by Crippen LogP contribution is -2.44. The molecule has 0 aliphatic heterocycles. The van der Waals surface area contributed by atoms with Gasteiger partial charge in [-0.3, -0.25) is 4.90 Å². The molecule has 0 bridgehead atoms. The number of nitrogens with zero attached hydrogens (tertiary/aromatic N) is 1. The summed E-state index contributed by atoms with van der Waals surface area (Å²) in [6.07, 6.45) is -4.22. The molecule has 0 heterocycles. The SMILES string of the molecule is Cc1ccccc1C(CN)N(CC(F)(F)F)C(C)C. The fourth-order valence-electron chi connectivity index (χ4n) is 2.26. The van der Waals surface area contributed by atoms with Crippen molar-refractivity contribution in [1.82, 2.24) is 4.90 Å². The number of aryl methyl sites for hydroxylation is 1. The summed E-state index contributed by atoms with van der Waals surface area (Å²) < 4.78 is 38.1. The Bertz CT molecular complexity index is 402. The van der Waals surface area contributed by atoms with Crippen LogP contribution in [0.3, 0.4) is 0 Å². The van der Waals surface area contributed by atoms with Crippen LogP contribution in [0, 0.1) is 6.92 Å². The van der Waals surface area contributed by atoms with Gasteiger partial charge in [-0.15, -0.1) is 0 Å². The molecule has 0 amide bonds. The van der Waals surface area contributed by atoms with E-state index in [2.05, 4.69) is 0 Å². The highest BCUT2D eigenvalue weighted by atomic mass is 19.4. The number of halogens is 3. The smallest absolute Gasteiger partial charge is 0.329 e. The Hall–Kier alpha value is -1.07. The molecule has 0 radical (unpaired) electrons. The van der Waals surface area contributed by atoms with Gasteiger partial charge in [0.25, 0.3) is 0 Å². The predicted molar refractivity (Wildman–Crippen MR) is 70.9 cm³/mol. The van der Waals surface area contributed by atoms with Crippen LogP contribution in [0.1, 0.15) is 31.0 Å².